The lowest BCUT2D eigenvalue weighted by atomic mass is 9.83. The van der Waals surface area contributed by atoms with Crippen molar-refractivity contribution in [1.82, 2.24) is 4.98 Å². The molecule has 1 aliphatic rings. The van der Waals surface area contributed by atoms with E-state index in [0.717, 1.165) is 23.2 Å². The highest BCUT2D eigenvalue weighted by molar-refractivity contribution is 5.88. The maximum absolute atomic E-state index is 12.5. The molecule has 134 valence electrons. The Balaban J connectivity index is 1.94. The summed E-state index contributed by atoms with van der Waals surface area (Å²) in [5, 5.41) is 9.61. The maximum atomic E-state index is 12.5. The summed E-state index contributed by atoms with van der Waals surface area (Å²) in [4.78, 5) is 18.9. The number of aromatic nitrogens is 1. The Morgan fingerprint density at radius 3 is 2.43 bits per heavy atom. The van der Waals surface area contributed by atoms with E-state index in [2.05, 4.69) is 11.1 Å². The predicted octanol–water partition coefficient (Wildman–Crippen LogP) is 4.46. The molecular formula is C24H17N3O. The number of nitrogens with zero attached hydrogens (tertiary/aromatic N) is 3. The van der Waals surface area contributed by atoms with Gasteiger partial charge in [0.15, 0.2) is 6.29 Å². The number of hydrogen-bond acceptors (Lipinski definition) is 4. The summed E-state index contributed by atoms with van der Waals surface area (Å²) < 4.78 is 0. The van der Waals surface area contributed by atoms with E-state index in [0.29, 0.717) is 11.1 Å². The summed E-state index contributed by atoms with van der Waals surface area (Å²) in [7, 11) is 0. The van der Waals surface area contributed by atoms with Gasteiger partial charge < -0.3 is 4.90 Å². The molecule has 0 radical (unpaired) electrons. The number of aldehydes is 1. The smallest absolute Gasteiger partial charge is 0.154 e. The number of rotatable bonds is 4. The van der Waals surface area contributed by atoms with Crippen molar-refractivity contribution in [3.8, 4) is 6.07 Å². The van der Waals surface area contributed by atoms with E-state index in [4.69, 9.17) is 0 Å². The Morgan fingerprint density at radius 1 is 0.964 bits per heavy atom. The van der Waals surface area contributed by atoms with Crippen molar-refractivity contribution < 1.29 is 4.79 Å². The van der Waals surface area contributed by atoms with Crippen LogP contribution in [-0.4, -0.2) is 11.3 Å². The molecular weight excluding hydrogens is 346 g/mol. The van der Waals surface area contributed by atoms with Crippen LogP contribution >= 0.6 is 0 Å². The van der Waals surface area contributed by atoms with Crippen LogP contribution in [0, 0.1) is 11.3 Å². The van der Waals surface area contributed by atoms with Crippen molar-refractivity contribution >= 4 is 17.5 Å². The van der Waals surface area contributed by atoms with Crippen LogP contribution in [0.2, 0.25) is 0 Å². The van der Waals surface area contributed by atoms with E-state index >= 15 is 0 Å². The second-order valence-corrected chi connectivity index (χ2v) is 6.44. The third-order valence-corrected chi connectivity index (χ3v) is 4.84. The number of carbonyl (C=O) groups excluding carboxylic acids is 1. The number of carbonyl (C=O) groups is 1. The molecule has 0 amide bonds. The zero-order chi connectivity index (χ0) is 19.4. The summed E-state index contributed by atoms with van der Waals surface area (Å²) >= 11 is 0. The molecule has 1 atom stereocenters. The molecule has 0 bridgehead atoms. The standard InChI is InChI=1S/C24H17N3O/c25-16-19-8-4-5-11-22(19)24(18-28)14-13-20(23-12-6-7-15-26-23)17-27(24)21-9-2-1-3-10-21/h1-15,17-18H. The third kappa shape index (κ3) is 2.89. The highest BCUT2D eigenvalue weighted by Gasteiger charge is 2.39. The lowest BCUT2D eigenvalue weighted by Gasteiger charge is -2.40. The van der Waals surface area contributed by atoms with Gasteiger partial charge in [-0.1, -0.05) is 48.5 Å². The second-order valence-electron chi connectivity index (χ2n) is 6.44. The molecule has 1 aromatic heterocycles. The van der Waals surface area contributed by atoms with Crippen LogP contribution in [0.4, 0.5) is 5.69 Å². The van der Waals surface area contributed by atoms with Crippen molar-refractivity contribution in [2.75, 3.05) is 4.90 Å². The number of hydrogen-bond donors (Lipinski definition) is 0. The average molecular weight is 363 g/mol. The first-order valence-corrected chi connectivity index (χ1v) is 8.91. The molecule has 0 fully saturated rings. The highest BCUT2D eigenvalue weighted by Crippen LogP contribution is 2.39. The third-order valence-electron chi connectivity index (χ3n) is 4.84. The minimum atomic E-state index is -1.12. The van der Waals surface area contributed by atoms with Gasteiger partial charge in [-0.15, -0.1) is 0 Å². The van der Waals surface area contributed by atoms with Gasteiger partial charge >= 0.3 is 0 Å². The Bertz CT molecular complexity index is 1100. The minimum Gasteiger partial charge on any atom is -0.327 e. The van der Waals surface area contributed by atoms with Crippen LogP contribution < -0.4 is 4.90 Å². The topological polar surface area (TPSA) is 57.0 Å². The number of anilines is 1. The van der Waals surface area contributed by atoms with Crippen molar-refractivity contribution in [3.05, 3.63) is 114 Å². The molecule has 2 heterocycles. The van der Waals surface area contributed by atoms with Crippen LogP contribution in [0.5, 0.6) is 0 Å². The fourth-order valence-electron chi connectivity index (χ4n) is 3.46. The van der Waals surface area contributed by atoms with Crippen LogP contribution in [0.3, 0.4) is 0 Å². The summed E-state index contributed by atoms with van der Waals surface area (Å²) in [6.07, 6.45) is 8.28. The number of allylic oxidation sites excluding steroid dienone is 2. The van der Waals surface area contributed by atoms with Crippen molar-refractivity contribution in [2.24, 2.45) is 0 Å². The zero-order valence-corrected chi connectivity index (χ0v) is 15.1. The number of para-hydroxylation sites is 1. The van der Waals surface area contributed by atoms with Crippen LogP contribution in [0.1, 0.15) is 16.8 Å². The molecule has 3 aromatic rings. The Kier molecular flexibility index (Phi) is 4.57. The minimum absolute atomic E-state index is 0.467. The van der Waals surface area contributed by atoms with Gasteiger partial charge in [0, 0.05) is 29.2 Å². The van der Waals surface area contributed by atoms with Gasteiger partial charge in [0.25, 0.3) is 0 Å². The quantitative estimate of drug-likeness (QED) is 0.642. The van der Waals surface area contributed by atoms with Gasteiger partial charge in [-0.05, 0) is 36.4 Å². The first kappa shape index (κ1) is 17.4. The molecule has 4 rings (SSSR count). The summed E-state index contributed by atoms with van der Waals surface area (Å²) in [5.74, 6) is 0. The molecule has 4 heteroatoms. The molecule has 1 unspecified atom stereocenters. The Hall–Kier alpha value is -3.97. The van der Waals surface area contributed by atoms with E-state index in [1.807, 2.05) is 83.9 Å². The Morgan fingerprint density at radius 2 is 1.71 bits per heavy atom. The lowest BCUT2D eigenvalue weighted by Crippen LogP contribution is -2.45. The van der Waals surface area contributed by atoms with Crippen molar-refractivity contribution in [1.29, 1.82) is 5.26 Å². The Labute approximate surface area is 163 Å². The van der Waals surface area contributed by atoms with Crippen LogP contribution in [0.15, 0.2) is 97.3 Å². The first-order valence-electron chi connectivity index (χ1n) is 8.91. The predicted molar refractivity (Wildman–Crippen MR) is 109 cm³/mol. The maximum Gasteiger partial charge on any atom is 0.154 e. The largest absolute Gasteiger partial charge is 0.327 e. The number of pyridine rings is 1. The summed E-state index contributed by atoms with van der Waals surface area (Å²) in [5.41, 5.74) is 2.54. The molecule has 0 spiro atoms. The molecule has 0 saturated carbocycles. The fraction of sp³-hybridized carbons (Fsp3) is 0.0417. The normalized spacial score (nSPS) is 18.2. The van der Waals surface area contributed by atoms with Gasteiger partial charge in [-0.2, -0.15) is 5.26 Å². The van der Waals surface area contributed by atoms with Crippen LogP contribution in [-0.2, 0) is 10.3 Å². The molecule has 4 nitrogen and oxygen atoms in total. The second kappa shape index (κ2) is 7.34. The van der Waals surface area contributed by atoms with E-state index < -0.39 is 5.54 Å². The van der Waals surface area contributed by atoms with E-state index in [-0.39, 0.29) is 0 Å². The van der Waals surface area contributed by atoms with Gasteiger partial charge in [-0.25, -0.2) is 0 Å². The van der Waals surface area contributed by atoms with E-state index in [9.17, 15) is 10.1 Å². The van der Waals surface area contributed by atoms with Gasteiger partial charge in [0.1, 0.15) is 5.54 Å². The molecule has 0 N–H and O–H groups in total. The fourth-order valence-corrected chi connectivity index (χ4v) is 3.46. The molecule has 0 aliphatic carbocycles. The molecule has 0 saturated heterocycles. The number of benzene rings is 2. The van der Waals surface area contributed by atoms with Gasteiger partial charge in [-0.3, -0.25) is 9.78 Å². The zero-order valence-electron chi connectivity index (χ0n) is 15.1. The lowest BCUT2D eigenvalue weighted by molar-refractivity contribution is -0.111. The molecule has 28 heavy (non-hydrogen) atoms. The monoisotopic (exact) mass is 363 g/mol. The molecule has 2 aromatic carbocycles. The van der Waals surface area contributed by atoms with E-state index in [1.165, 1.54) is 0 Å². The van der Waals surface area contributed by atoms with Crippen LogP contribution in [0.25, 0.3) is 5.57 Å². The highest BCUT2D eigenvalue weighted by atomic mass is 16.1. The summed E-state index contributed by atoms with van der Waals surface area (Å²) in [6.45, 7) is 0. The number of nitriles is 1. The average Bonchev–Trinajstić information content (AvgIpc) is 2.79. The van der Waals surface area contributed by atoms with Crippen molar-refractivity contribution in [3.63, 3.8) is 0 Å². The SMILES string of the molecule is N#Cc1ccccc1C1(C=O)C=CC(c2ccccn2)=CN1c1ccccc1. The van der Waals surface area contributed by atoms with Gasteiger partial charge in [0.2, 0.25) is 0 Å². The van der Waals surface area contributed by atoms with E-state index in [1.54, 1.807) is 18.3 Å². The first-order chi connectivity index (χ1) is 13.8. The van der Waals surface area contributed by atoms with Gasteiger partial charge in [0.05, 0.1) is 17.3 Å². The summed E-state index contributed by atoms with van der Waals surface area (Å²) in [6, 6.07) is 24.8. The van der Waals surface area contributed by atoms with Crippen molar-refractivity contribution in [2.45, 2.75) is 5.54 Å². The molecule has 1 aliphatic heterocycles.